The number of nitroso groups, excluding NO2 is 2. The normalized spacial score (nSPS) is 11.3. The van der Waals surface area contributed by atoms with Crippen LogP contribution in [0.4, 0.5) is 11.4 Å². The predicted octanol–water partition coefficient (Wildman–Crippen LogP) is 9.19. The fraction of sp³-hybridized carbons (Fsp3) is 0.615. The molecule has 0 atom stereocenters. The van der Waals surface area contributed by atoms with Crippen molar-refractivity contribution >= 4 is 11.4 Å². The minimum atomic E-state index is 0.353. The van der Waals surface area contributed by atoms with Crippen LogP contribution in [-0.4, -0.2) is 0 Å². The molecule has 6 nitrogen and oxygen atoms in total. The Morgan fingerprint density at radius 2 is 1.03 bits per heavy atom. The summed E-state index contributed by atoms with van der Waals surface area (Å²) in [5.74, 6) is 0. The van der Waals surface area contributed by atoms with Crippen LogP contribution >= 0.6 is 0 Å². The summed E-state index contributed by atoms with van der Waals surface area (Å²) in [6, 6.07) is 7.08. The molecule has 6 heteroatoms. The molecule has 0 N–H and O–H groups in total. The monoisotopic (exact) mass is 442 g/mol. The Morgan fingerprint density at radius 3 is 1.47 bits per heavy atom. The van der Waals surface area contributed by atoms with Crippen molar-refractivity contribution in [1.82, 2.24) is 0 Å². The fourth-order valence-electron chi connectivity index (χ4n) is 3.55. The highest BCUT2D eigenvalue weighted by Gasteiger charge is 2.07. The number of unbranched alkanes of at least 4 members (excludes halogenated alkanes) is 12. The first kappa shape index (κ1) is 27.5. The summed E-state index contributed by atoms with van der Waals surface area (Å²) in [5, 5.41) is 5.75. The second-order valence-corrected chi connectivity index (χ2v) is 8.26. The minimum absolute atomic E-state index is 0.353. The van der Waals surface area contributed by atoms with Gasteiger partial charge < -0.3 is 4.90 Å². The molecule has 0 unspecified atom stereocenters. The van der Waals surface area contributed by atoms with E-state index in [1.165, 1.54) is 77.0 Å². The van der Waals surface area contributed by atoms with E-state index in [0.29, 0.717) is 10.8 Å². The van der Waals surface area contributed by atoms with Gasteiger partial charge in [0.25, 0.3) is 0 Å². The van der Waals surface area contributed by atoms with Gasteiger partial charge in [0, 0.05) is 18.1 Å². The van der Waals surface area contributed by atoms with Crippen LogP contribution in [0.2, 0.25) is 0 Å². The third kappa shape index (κ3) is 12.4. The van der Waals surface area contributed by atoms with E-state index in [9.17, 15) is 9.81 Å². The molecule has 0 aromatic heterocycles. The van der Waals surface area contributed by atoms with Crippen molar-refractivity contribution in [2.24, 2.45) is 10.6 Å². The first-order valence-electron chi connectivity index (χ1n) is 12.4. The maximum Gasteiger partial charge on any atom is 0.0924 e. The lowest BCUT2D eigenvalue weighted by Gasteiger charge is -2.17. The molecule has 32 heavy (non-hydrogen) atoms. The molecule has 0 aliphatic rings. The van der Waals surface area contributed by atoms with Crippen molar-refractivity contribution in [3.8, 4) is 0 Å². The van der Waals surface area contributed by atoms with Gasteiger partial charge in [-0.3, -0.25) is 0 Å². The number of hydrogen-bond donors (Lipinski definition) is 0. The number of nitrogens with zero attached hydrogens (tertiary/aromatic N) is 4. The highest BCUT2D eigenvalue weighted by molar-refractivity contribution is 5.58. The van der Waals surface area contributed by atoms with E-state index in [2.05, 4.69) is 53.9 Å². The Bertz CT molecular complexity index is 624. The lowest BCUT2D eigenvalue weighted by Crippen LogP contribution is -2.08. The van der Waals surface area contributed by atoms with E-state index in [1.54, 1.807) is 12.1 Å². The Labute approximate surface area is 194 Å². The van der Waals surface area contributed by atoms with Crippen LogP contribution in [0.25, 0.3) is 0 Å². The summed E-state index contributed by atoms with van der Waals surface area (Å²) in [6.45, 7) is 4.48. The molecule has 0 amide bonds. The van der Waals surface area contributed by atoms with Crippen LogP contribution in [0.3, 0.4) is 0 Å². The zero-order valence-corrected chi connectivity index (χ0v) is 20.1. The van der Waals surface area contributed by atoms with Crippen molar-refractivity contribution in [2.45, 2.75) is 104 Å². The van der Waals surface area contributed by atoms with E-state index in [1.807, 2.05) is 12.1 Å². The smallest absolute Gasteiger partial charge is 0.0924 e. The van der Waals surface area contributed by atoms with Gasteiger partial charge in [-0.25, -0.2) is 0 Å². The summed E-state index contributed by atoms with van der Waals surface area (Å²) >= 11 is 0. The lowest BCUT2D eigenvalue weighted by molar-refractivity contribution is 0.611. The van der Waals surface area contributed by atoms with Gasteiger partial charge in [0.1, 0.15) is 0 Å². The SMILES string of the molecule is CCCCCCCCC=CN(C=CCCCCCCCC)c1ccc(N(N=O)N=O)cc1. The average molecular weight is 443 g/mol. The van der Waals surface area contributed by atoms with Gasteiger partial charge in [-0.05, 0) is 49.9 Å². The van der Waals surface area contributed by atoms with Crippen molar-refractivity contribution in [1.29, 1.82) is 0 Å². The van der Waals surface area contributed by atoms with E-state index in [0.717, 1.165) is 18.5 Å². The van der Waals surface area contributed by atoms with Crippen molar-refractivity contribution < 1.29 is 0 Å². The number of anilines is 2. The third-order valence-electron chi connectivity index (χ3n) is 5.51. The molecule has 1 aromatic carbocycles. The molecule has 0 heterocycles. The molecular formula is C26H42N4O2. The van der Waals surface area contributed by atoms with Crippen LogP contribution in [0.15, 0.2) is 59.4 Å². The molecule has 1 rings (SSSR count). The largest absolute Gasteiger partial charge is 0.325 e. The van der Waals surface area contributed by atoms with Crippen LogP contribution in [0, 0.1) is 9.81 Å². The average Bonchev–Trinajstić information content (AvgIpc) is 2.82. The zero-order chi connectivity index (χ0) is 23.3. The van der Waals surface area contributed by atoms with Gasteiger partial charge in [0.2, 0.25) is 0 Å². The van der Waals surface area contributed by atoms with Crippen LogP contribution < -0.4 is 10.0 Å². The lowest BCUT2D eigenvalue weighted by atomic mass is 10.1. The van der Waals surface area contributed by atoms with Crippen LogP contribution in [0.1, 0.15) is 104 Å². The summed E-state index contributed by atoms with van der Waals surface area (Å²) in [4.78, 5) is 23.4. The van der Waals surface area contributed by atoms with E-state index in [4.69, 9.17) is 0 Å². The summed E-state index contributed by atoms with van der Waals surface area (Å²) in [7, 11) is 0. The second kappa shape index (κ2) is 19.2. The molecule has 178 valence electrons. The molecule has 0 fully saturated rings. The molecule has 0 aliphatic heterocycles. The number of allylic oxidation sites excluding steroid dienone is 2. The minimum Gasteiger partial charge on any atom is -0.325 e. The molecule has 0 saturated heterocycles. The fourth-order valence-corrected chi connectivity index (χ4v) is 3.55. The van der Waals surface area contributed by atoms with Gasteiger partial charge in [-0.2, -0.15) is 0 Å². The van der Waals surface area contributed by atoms with Crippen LogP contribution in [0.5, 0.6) is 0 Å². The Kier molecular flexibility index (Phi) is 16.5. The zero-order valence-electron chi connectivity index (χ0n) is 20.1. The van der Waals surface area contributed by atoms with E-state index < -0.39 is 0 Å². The Balaban J connectivity index is 2.63. The number of hydrogen-bond acceptors (Lipinski definition) is 5. The van der Waals surface area contributed by atoms with Gasteiger partial charge >= 0.3 is 0 Å². The van der Waals surface area contributed by atoms with Crippen molar-refractivity contribution in [2.75, 3.05) is 10.0 Å². The maximum absolute atomic E-state index is 10.7. The molecular weight excluding hydrogens is 400 g/mol. The topological polar surface area (TPSA) is 65.3 Å². The highest BCUT2D eigenvalue weighted by Crippen LogP contribution is 2.22. The second-order valence-electron chi connectivity index (χ2n) is 8.26. The Morgan fingerprint density at radius 1 is 0.625 bits per heavy atom. The third-order valence-corrected chi connectivity index (χ3v) is 5.51. The molecule has 0 bridgehead atoms. The maximum atomic E-state index is 10.7. The number of rotatable bonds is 20. The molecule has 0 aliphatic carbocycles. The van der Waals surface area contributed by atoms with Crippen LogP contribution in [-0.2, 0) is 0 Å². The van der Waals surface area contributed by atoms with Gasteiger partial charge in [-0.15, -0.1) is 9.81 Å². The predicted molar refractivity (Wildman–Crippen MR) is 137 cm³/mol. The molecule has 1 aromatic rings. The number of benzene rings is 1. The molecule has 0 radical (unpaired) electrons. The quantitative estimate of drug-likeness (QED) is 0.115. The van der Waals surface area contributed by atoms with Crippen molar-refractivity contribution in [3.05, 3.63) is 58.6 Å². The highest BCUT2D eigenvalue weighted by atomic mass is 16.4. The van der Waals surface area contributed by atoms with Gasteiger partial charge in [0.05, 0.1) is 16.3 Å². The summed E-state index contributed by atoms with van der Waals surface area (Å²) < 4.78 is 0. The van der Waals surface area contributed by atoms with E-state index >= 15 is 0 Å². The first-order valence-corrected chi connectivity index (χ1v) is 12.4. The summed E-state index contributed by atoms with van der Waals surface area (Å²) in [6.07, 6.45) is 26.3. The molecule has 0 saturated carbocycles. The van der Waals surface area contributed by atoms with Crippen molar-refractivity contribution in [3.63, 3.8) is 0 Å². The van der Waals surface area contributed by atoms with E-state index in [-0.39, 0.29) is 0 Å². The Hall–Kier alpha value is -2.50. The standard InChI is InChI=1S/C26H42N4O2/c1-3-5-7-9-11-13-15-17-23-29(24-18-16-14-12-10-8-6-4-2)25-19-21-26(22-20-25)30(27-31)28-32/h17-24H,3-16H2,1-2H3. The molecule has 0 spiro atoms. The summed E-state index contributed by atoms with van der Waals surface area (Å²) in [5.41, 5.74) is 1.31. The van der Waals surface area contributed by atoms with Gasteiger partial charge in [-0.1, -0.05) is 95.3 Å². The van der Waals surface area contributed by atoms with Gasteiger partial charge in [0.15, 0.2) is 0 Å². The first-order chi connectivity index (χ1) is 15.8.